The maximum atomic E-state index is 10.9. The highest BCUT2D eigenvalue weighted by atomic mass is 16.5. The van der Waals surface area contributed by atoms with Crippen LogP contribution in [0.1, 0.15) is 18.1 Å². The summed E-state index contributed by atoms with van der Waals surface area (Å²) in [5, 5.41) is 2.75. The van der Waals surface area contributed by atoms with Crippen LogP contribution in [0, 0.1) is 6.92 Å². The number of nitrogens with zero attached hydrogens (tertiary/aromatic N) is 1. The first-order valence-electron chi connectivity index (χ1n) is 6.44. The number of nitrogens with one attached hydrogen (secondary N) is 1. The largest absolute Gasteiger partial charge is 0.497 e. The van der Waals surface area contributed by atoms with Crippen molar-refractivity contribution >= 4 is 5.91 Å². The van der Waals surface area contributed by atoms with Gasteiger partial charge in [0, 0.05) is 25.2 Å². The molecule has 1 heterocycles. The van der Waals surface area contributed by atoms with E-state index in [-0.39, 0.29) is 5.91 Å². The fourth-order valence-corrected chi connectivity index (χ4v) is 1.97. The molecule has 0 bridgehead atoms. The Bertz CT molecular complexity index is 606. The van der Waals surface area contributed by atoms with Crippen LogP contribution in [0.25, 0.3) is 11.3 Å². The molecule has 0 fully saturated rings. The zero-order chi connectivity index (χ0) is 14.5. The maximum Gasteiger partial charge on any atom is 0.217 e. The second-order valence-electron chi connectivity index (χ2n) is 4.64. The lowest BCUT2D eigenvalue weighted by Gasteiger charge is -2.08. The number of aryl methyl sites for hydroxylation is 1. The van der Waals surface area contributed by atoms with Gasteiger partial charge >= 0.3 is 0 Å². The van der Waals surface area contributed by atoms with Crippen molar-refractivity contribution in [3.05, 3.63) is 47.7 Å². The summed E-state index contributed by atoms with van der Waals surface area (Å²) in [5.41, 5.74) is 4.09. The van der Waals surface area contributed by atoms with E-state index in [0.717, 1.165) is 28.1 Å². The maximum absolute atomic E-state index is 10.9. The fourth-order valence-electron chi connectivity index (χ4n) is 1.97. The number of ether oxygens (including phenoxy) is 1. The molecule has 4 heteroatoms. The Morgan fingerprint density at radius 2 is 2.10 bits per heavy atom. The van der Waals surface area contributed by atoms with Crippen molar-refractivity contribution in [3.63, 3.8) is 0 Å². The van der Waals surface area contributed by atoms with Crippen molar-refractivity contribution in [2.75, 3.05) is 7.11 Å². The van der Waals surface area contributed by atoms with E-state index in [1.807, 2.05) is 37.3 Å². The van der Waals surface area contributed by atoms with Crippen molar-refractivity contribution in [2.24, 2.45) is 0 Å². The Balaban J connectivity index is 2.19. The van der Waals surface area contributed by atoms with Crippen molar-refractivity contribution in [1.82, 2.24) is 10.3 Å². The lowest BCUT2D eigenvalue weighted by Crippen LogP contribution is -2.18. The third-order valence-corrected chi connectivity index (χ3v) is 3.08. The standard InChI is InChI=1S/C16H18N2O2/c1-11-8-14(20-3)5-6-15(11)16-7-4-13(10-18-16)9-17-12(2)19/h4-8,10H,9H2,1-3H3,(H,17,19). The Labute approximate surface area is 118 Å². The van der Waals surface area contributed by atoms with E-state index in [9.17, 15) is 4.79 Å². The van der Waals surface area contributed by atoms with Crippen LogP contribution in [0.4, 0.5) is 0 Å². The van der Waals surface area contributed by atoms with Gasteiger partial charge in [-0.15, -0.1) is 0 Å². The van der Waals surface area contributed by atoms with E-state index in [1.54, 1.807) is 13.3 Å². The summed E-state index contributed by atoms with van der Waals surface area (Å²) >= 11 is 0. The summed E-state index contributed by atoms with van der Waals surface area (Å²) in [5.74, 6) is 0.800. The van der Waals surface area contributed by atoms with Crippen LogP contribution in [0.3, 0.4) is 0 Å². The van der Waals surface area contributed by atoms with E-state index in [1.165, 1.54) is 6.92 Å². The zero-order valence-electron chi connectivity index (χ0n) is 11.9. The van der Waals surface area contributed by atoms with E-state index in [0.29, 0.717) is 6.54 Å². The molecule has 1 aromatic carbocycles. The number of hydrogen-bond donors (Lipinski definition) is 1. The molecule has 0 aliphatic carbocycles. The molecule has 1 N–H and O–H groups in total. The Kier molecular flexibility index (Phi) is 4.35. The zero-order valence-corrected chi connectivity index (χ0v) is 11.9. The highest BCUT2D eigenvalue weighted by Gasteiger charge is 2.05. The third kappa shape index (κ3) is 3.35. The highest BCUT2D eigenvalue weighted by molar-refractivity contribution is 5.72. The fraction of sp³-hybridized carbons (Fsp3) is 0.250. The Morgan fingerprint density at radius 3 is 2.65 bits per heavy atom. The lowest BCUT2D eigenvalue weighted by molar-refractivity contribution is -0.119. The molecule has 0 aliphatic rings. The number of methoxy groups -OCH3 is 1. The van der Waals surface area contributed by atoms with Crippen molar-refractivity contribution in [3.8, 4) is 17.0 Å². The SMILES string of the molecule is COc1ccc(-c2ccc(CNC(C)=O)cn2)c(C)c1. The van der Waals surface area contributed by atoms with E-state index >= 15 is 0 Å². The number of pyridine rings is 1. The summed E-state index contributed by atoms with van der Waals surface area (Å²) in [6.45, 7) is 4.04. The minimum atomic E-state index is -0.0416. The van der Waals surface area contributed by atoms with Gasteiger partial charge in [-0.3, -0.25) is 9.78 Å². The average Bonchev–Trinajstić information content (AvgIpc) is 2.45. The summed E-state index contributed by atoms with van der Waals surface area (Å²) in [6, 6.07) is 9.86. The van der Waals surface area contributed by atoms with Crippen LogP contribution >= 0.6 is 0 Å². The number of carbonyl (C=O) groups excluding carboxylic acids is 1. The van der Waals surface area contributed by atoms with Gasteiger partial charge in [-0.1, -0.05) is 6.07 Å². The van der Waals surface area contributed by atoms with E-state index in [4.69, 9.17) is 4.74 Å². The van der Waals surface area contributed by atoms with Gasteiger partial charge in [-0.25, -0.2) is 0 Å². The number of benzene rings is 1. The molecule has 2 aromatic rings. The molecule has 0 atom stereocenters. The summed E-state index contributed by atoms with van der Waals surface area (Å²) in [4.78, 5) is 15.3. The molecule has 0 aliphatic heterocycles. The van der Waals surface area contributed by atoms with Gasteiger partial charge < -0.3 is 10.1 Å². The Morgan fingerprint density at radius 1 is 1.30 bits per heavy atom. The van der Waals surface area contributed by atoms with Crippen molar-refractivity contribution in [1.29, 1.82) is 0 Å². The smallest absolute Gasteiger partial charge is 0.217 e. The molecule has 0 radical (unpaired) electrons. The first-order valence-corrected chi connectivity index (χ1v) is 6.44. The molecular weight excluding hydrogens is 252 g/mol. The van der Waals surface area contributed by atoms with Gasteiger partial charge in [-0.05, 0) is 42.3 Å². The number of aromatic nitrogens is 1. The summed E-state index contributed by atoms with van der Waals surface area (Å²) in [7, 11) is 1.66. The highest BCUT2D eigenvalue weighted by Crippen LogP contribution is 2.25. The van der Waals surface area contributed by atoms with Crippen LogP contribution < -0.4 is 10.1 Å². The van der Waals surface area contributed by atoms with Gasteiger partial charge in [-0.2, -0.15) is 0 Å². The third-order valence-electron chi connectivity index (χ3n) is 3.08. The second kappa shape index (κ2) is 6.19. The van der Waals surface area contributed by atoms with Gasteiger partial charge in [0.15, 0.2) is 0 Å². The summed E-state index contributed by atoms with van der Waals surface area (Å²) in [6.07, 6.45) is 1.79. The van der Waals surface area contributed by atoms with Crippen LogP contribution in [0.2, 0.25) is 0 Å². The van der Waals surface area contributed by atoms with E-state index in [2.05, 4.69) is 10.3 Å². The number of hydrogen-bond acceptors (Lipinski definition) is 3. The van der Waals surface area contributed by atoms with Crippen LogP contribution in [-0.2, 0) is 11.3 Å². The molecule has 0 saturated carbocycles. The van der Waals surface area contributed by atoms with Gasteiger partial charge in [0.05, 0.1) is 12.8 Å². The second-order valence-corrected chi connectivity index (χ2v) is 4.64. The number of rotatable bonds is 4. The minimum Gasteiger partial charge on any atom is -0.497 e. The minimum absolute atomic E-state index is 0.0416. The number of amides is 1. The predicted molar refractivity (Wildman–Crippen MR) is 78.5 cm³/mol. The summed E-state index contributed by atoms with van der Waals surface area (Å²) < 4.78 is 5.20. The van der Waals surface area contributed by atoms with E-state index < -0.39 is 0 Å². The molecule has 0 saturated heterocycles. The molecule has 2 rings (SSSR count). The normalized spacial score (nSPS) is 10.2. The van der Waals surface area contributed by atoms with Crippen LogP contribution in [0.15, 0.2) is 36.5 Å². The predicted octanol–water partition coefficient (Wildman–Crippen LogP) is 2.70. The lowest BCUT2D eigenvalue weighted by atomic mass is 10.0. The monoisotopic (exact) mass is 270 g/mol. The molecule has 4 nitrogen and oxygen atoms in total. The molecule has 20 heavy (non-hydrogen) atoms. The van der Waals surface area contributed by atoms with Gasteiger partial charge in [0.1, 0.15) is 5.75 Å². The molecular formula is C16H18N2O2. The van der Waals surface area contributed by atoms with Crippen molar-refractivity contribution < 1.29 is 9.53 Å². The average molecular weight is 270 g/mol. The first-order chi connectivity index (χ1) is 9.60. The van der Waals surface area contributed by atoms with Gasteiger partial charge in [0.25, 0.3) is 0 Å². The van der Waals surface area contributed by atoms with Gasteiger partial charge in [0.2, 0.25) is 5.91 Å². The first kappa shape index (κ1) is 14.1. The van der Waals surface area contributed by atoms with Crippen molar-refractivity contribution in [2.45, 2.75) is 20.4 Å². The Hall–Kier alpha value is -2.36. The molecule has 1 amide bonds. The number of carbonyl (C=O) groups is 1. The molecule has 104 valence electrons. The molecule has 0 spiro atoms. The quantitative estimate of drug-likeness (QED) is 0.929. The molecule has 1 aromatic heterocycles. The topological polar surface area (TPSA) is 51.2 Å². The molecule has 0 unspecified atom stereocenters. The van der Waals surface area contributed by atoms with Crippen LogP contribution in [0.5, 0.6) is 5.75 Å². The van der Waals surface area contributed by atoms with Crippen LogP contribution in [-0.4, -0.2) is 18.0 Å².